The van der Waals surface area contributed by atoms with Crippen LogP contribution < -0.4 is 0 Å². The van der Waals surface area contributed by atoms with Crippen LogP contribution in [-0.4, -0.2) is 64.1 Å². The molecule has 28 heavy (non-hydrogen) atoms. The third-order valence-corrected chi connectivity index (χ3v) is 7.39. The van der Waals surface area contributed by atoms with Gasteiger partial charge in [-0.25, -0.2) is 0 Å². The van der Waals surface area contributed by atoms with E-state index in [1.165, 1.54) is 12.8 Å². The summed E-state index contributed by atoms with van der Waals surface area (Å²) in [5, 5.41) is 11.9. The Bertz CT molecular complexity index is 870. The van der Waals surface area contributed by atoms with Crippen LogP contribution in [0, 0.1) is 11.8 Å². The number of fused-ring (bicyclic) bond motifs is 2. The average Bonchev–Trinajstić information content (AvgIpc) is 3.43. The molecule has 0 unspecified atom stereocenters. The number of benzene rings is 1. The van der Waals surface area contributed by atoms with E-state index in [0.29, 0.717) is 11.8 Å². The van der Waals surface area contributed by atoms with E-state index < -0.39 is 0 Å². The zero-order valence-electron chi connectivity index (χ0n) is 16.7. The second-order valence-corrected chi connectivity index (χ2v) is 8.96. The Morgan fingerprint density at radius 3 is 2.61 bits per heavy atom. The molecule has 4 atom stereocenters. The standard InChI is InChI=1S/C23H31N3O2/c1-2-17-18-7-3-4-8-19(18)24-22(17)23(28)26-13-15-11-20(25-9-5-6-10-25)21(27)12-16(15)14-26/h3-4,7-8,15-16,20-21,24,27H,2,5-6,9-14H2,1H3/t15-,16+,20-,21-/m1/s1. The number of amides is 1. The van der Waals surface area contributed by atoms with E-state index in [4.69, 9.17) is 0 Å². The number of nitrogens with one attached hydrogen (secondary N) is 1. The van der Waals surface area contributed by atoms with Crippen LogP contribution in [0.5, 0.6) is 0 Å². The number of likely N-dealkylation sites (tertiary alicyclic amines) is 2. The highest BCUT2D eigenvalue weighted by molar-refractivity contribution is 6.01. The molecule has 0 radical (unpaired) electrons. The number of hydrogen-bond acceptors (Lipinski definition) is 3. The lowest BCUT2D eigenvalue weighted by atomic mass is 9.77. The Morgan fingerprint density at radius 2 is 1.86 bits per heavy atom. The zero-order chi connectivity index (χ0) is 19.3. The van der Waals surface area contributed by atoms with Gasteiger partial charge in [0, 0.05) is 30.0 Å². The molecular formula is C23H31N3O2. The van der Waals surface area contributed by atoms with Crippen LogP contribution in [0.1, 0.15) is 48.7 Å². The number of nitrogens with zero attached hydrogens (tertiary/aromatic N) is 2. The van der Waals surface area contributed by atoms with Crippen LogP contribution in [0.4, 0.5) is 0 Å². The van der Waals surface area contributed by atoms with E-state index >= 15 is 0 Å². The Balaban J connectivity index is 1.35. The van der Waals surface area contributed by atoms with Crippen molar-refractivity contribution in [2.45, 2.75) is 51.2 Å². The number of carbonyl (C=O) groups excluding carboxylic acids is 1. The van der Waals surface area contributed by atoms with Crippen molar-refractivity contribution in [3.63, 3.8) is 0 Å². The Labute approximate surface area is 166 Å². The predicted octanol–water partition coefficient (Wildman–Crippen LogP) is 3.04. The number of para-hydroxylation sites is 1. The van der Waals surface area contributed by atoms with E-state index in [0.717, 1.165) is 67.6 Å². The lowest BCUT2D eigenvalue weighted by molar-refractivity contribution is -0.000864. The molecule has 0 spiro atoms. The first-order valence-corrected chi connectivity index (χ1v) is 11.0. The van der Waals surface area contributed by atoms with Crippen molar-refractivity contribution in [3.05, 3.63) is 35.5 Å². The third-order valence-electron chi connectivity index (χ3n) is 7.39. The summed E-state index contributed by atoms with van der Waals surface area (Å²) >= 11 is 0. The summed E-state index contributed by atoms with van der Waals surface area (Å²) in [7, 11) is 0. The molecular weight excluding hydrogens is 350 g/mol. The fourth-order valence-corrected chi connectivity index (χ4v) is 5.95. The summed E-state index contributed by atoms with van der Waals surface area (Å²) in [6.07, 6.45) is 4.98. The highest BCUT2D eigenvalue weighted by Crippen LogP contribution is 2.39. The fraction of sp³-hybridized carbons (Fsp3) is 0.609. The van der Waals surface area contributed by atoms with Crippen LogP contribution in [0.3, 0.4) is 0 Å². The van der Waals surface area contributed by atoms with Crippen molar-refractivity contribution in [3.8, 4) is 0 Å². The number of aromatic amines is 1. The molecule has 5 rings (SSSR count). The lowest BCUT2D eigenvalue weighted by Crippen LogP contribution is -2.48. The molecule has 1 aromatic carbocycles. The van der Waals surface area contributed by atoms with Crippen molar-refractivity contribution in [2.75, 3.05) is 26.2 Å². The average molecular weight is 382 g/mol. The van der Waals surface area contributed by atoms with Gasteiger partial charge in [-0.1, -0.05) is 25.1 Å². The summed E-state index contributed by atoms with van der Waals surface area (Å²) in [5.74, 6) is 1.09. The smallest absolute Gasteiger partial charge is 0.270 e. The van der Waals surface area contributed by atoms with Crippen LogP contribution in [0.2, 0.25) is 0 Å². The molecule has 2 aromatic rings. The minimum atomic E-state index is -0.242. The van der Waals surface area contributed by atoms with Crippen LogP contribution in [-0.2, 0) is 6.42 Å². The summed E-state index contributed by atoms with van der Waals surface area (Å²) < 4.78 is 0. The molecule has 2 N–H and O–H groups in total. The first-order chi connectivity index (χ1) is 13.7. The van der Waals surface area contributed by atoms with E-state index in [-0.39, 0.29) is 18.1 Å². The number of aliphatic hydroxyl groups is 1. The monoisotopic (exact) mass is 381 g/mol. The maximum absolute atomic E-state index is 13.4. The van der Waals surface area contributed by atoms with E-state index in [9.17, 15) is 9.90 Å². The second-order valence-electron chi connectivity index (χ2n) is 8.96. The normalized spacial score (nSPS) is 30.9. The summed E-state index contributed by atoms with van der Waals surface area (Å²) in [5.41, 5.74) is 2.94. The number of H-pyrrole nitrogens is 1. The molecule has 2 saturated heterocycles. The second kappa shape index (κ2) is 7.20. The number of carbonyl (C=O) groups is 1. The van der Waals surface area contributed by atoms with Crippen molar-refractivity contribution < 1.29 is 9.90 Å². The summed E-state index contributed by atoms with van der Waals surface area (Å²) in [4.78, 5) is 21.3. The van der Waals surface area contributed by atoms with E-state index in [2.05, 4.69) is 22.9 Å². The molecule has 5 nitrogen and oxygen atoms in total. The number of aliphatic hydroxyl groups excluding tert-OH is 1. The maximum atomic E-state index is 13.4. The number of aromatic nitrogens is 1. The summed E-state index contributed by atoms with van der Waals surface area (Å²) in [6, 6.07) is 8.48. The van der Waals surface area contributed by atoms with Crippen molar-refractivity contribution in [1.82, 2.24) is 14.8 Å². The molecule has 3 fully saturated rings. The Morgan fingerprint density at radius 1 is 1.14 bits per heavy atom. The minimum Gasteiger partial charge on any atom is -0.391 e. The first kappa shape index (κ1) is 18.2. The van der Waals surface area contributed by atoms with Crippen molar-refractivity contribution in [2.24, 2.45) is 11.8 Å². The van der Waals surface area contributed by atoms with Gasteiger partial charge in [-0.2, -0.15) is 0 Å². The zero-order valence-corrected chi connectivity index (χ0v) is 16.7. The topological polar surface area (TPSA) is 59.6 Å². The molecule has 3 heterocycles. The molecule has 1 aromatic heterocycles. The van der Waals surface area contributed by atoms with E-state index in [1.54, 1.807) is 0 Å². The van der Waals surface area contributed by atoms with Gasteiger partial charge in [0.05, 0.1) is 6.10 Å². The van der Waals surface area contributed by atoms with Gasteiger partial charge in [-0.3, -0.25) is 9.69 Å². The van der Waals surface area contributed by atoms with Gasteiger partial charge in [0.15, 0.2) is 0 Å². The highest BCUT2D eigenvalue weighted by atomic mass is 16.3. The SMILES string of the molecule is CCc1c(C(=O)N2C[C@H]3C[C@@H](N4CCCC4)[C@H](O)C[C@H]3C2)[nH]c2ccccc12. The number of hydrogen-bond donors (Lipinski definition) is 2. The van der Waals surface area contributed by atoms with Crippen LogP contribution >= 0.6 is 0 Å². The summed E-state index contributed by atoms with van der Waals surface area (Å²) in [6.45, 7) is 5.98. The minimum absolute atomic E-state index is 0.134. The maximum Gasteiger partial charge on any atom is 0.270 e. The fourth-order valence-electron chi connectivity index (χ4n) is 5.95. The quantitative estimate of drug-likeness (QED) is 0.859. The van der Waals surface area contributed by atoms with Crippen molar-refractivity contribution in [1.29, 1.82) is 0 Å². The van der Waals surface area contributed by atoms with Gasteiger partial charge in [-0.05, 0) is 68.7 Å². The van der Waals surface area contributed by atoms with E-state index in [1.807, 2.05) is 23.1 Å². The number of rotatable bonds is 3. The lowest BCUT2D eigenvalue weighted by Gasteiger charge is -2.40. The number of aryl methyl sites for hydroxylation is 1. The van der Waals surface area contributed by atoms with Gasteiger partial charge >= 0.3 is 0 Å². The largest absolute Gasteiger partial charge is 0.391 e. The molecule has 150 valence electrons. The van der Waals surface area contributed by atoms with Gasteiger partial charge in [0.1, 0.15) is 5.69 Å². The molecule has 1 saturated carbocycles. The molecule has 1 amide bonds. The van der Waals surface area contributed by atoms with Gasteiger partial charge in [0.25, 0.3) is 5.91 Å². The van der Waals surface area contributed by atoms with Crippen LogP contribution in [0.25, 0.3) is 10.9 Å². The van der Waals surface area contributed by atoms with Crippen LogP contribution in [0.15, 0.2) is 24.3 Å². The van der Waals surface area contributed by atoms with Gasteiger partial charge in [0.2, 0.25) is 0 Å². The Hall–Kier alpha value is -1.85. The molecule has 0 bridgehead atoms. The molecule has 3 aliphatic rings. The Kier molecular flexibility index (Phi) is 4.68. The molecule has 2 aliphatic heterocycles. The third kappa shape index (κ3) is 2.96. The first-order valence-electron chi connectivity index (χ1n) is 11.0. The van der Waals surface area contributed by atoms with Gasteiger partial charge in [-0.15, -0.1) is 0 Å². The molecule has 5 heteroatoms. The predicted molar refractivity (Wildman–Crippen MR) is 110 cm³/mol. The van der Waals surface area contributed by atoms with Gasteiger partial charge < -0.3 is 15.0 Å². The highest BCUT2D eigenvalue weighted by Gasteiger charge is 2.45. The van der Waals surface area contributed by atoms with Crippen molar-refractivity contribution >= 4 is 16.8 Å². The molecule has 1 aliphatic carbocycles.